The highest BCUT2D eigenvalue weighted by Gasteiger charge is 2.51. The van der Waals surface area contributed by atoms with Crippen molar-refractivity contribution < 1.29 is 5.11 Å². The summed E-state index contributed by atoms with van der Waals surface area (Å²) in [5, 5.41) is 9.03. The quantitative estimate of drug-likeness (QED) is 0.667. The number of allylic oxidation sites excluding steroid dienone is 1. The lowest BCUT2D eigenvalue weighted by molar-refractivity contribution is 0.261. The van der Waals surface area contributed by atoms with Crippen molar-refractivity contribution in [1.82, 2.24) is 0 Å². The highest BCUT2D eigenvalue weighted by Crippen LogP contribution is 2.56. The van der Waals surface area contributed by atoms with Crippen LogP contribution in [0.5, 0.6) is 0 Å². The average molecular weight is 192 g/mol. The van der Waals surface area contributed by atoms with Crippen molar-refractivity contribution in [2.75, 3.05) is 6.61 Å². The van der Waals surface area contributed by atoms with Gasteiger partial charge in [-0.1, -0.05) is 25.3 Å². The Bertz CT molecular complexity index is 297. The molecule has 78 valence electrons. The zero-order valence-corrected chi connectivity index (χ0v) is 9.65. The van der Waals surface area contributed by atoms with Gasteiger partial charge in [0.25, 0.3) is 0 Å². The van der Waals surface area contributed by atoms with Gasteiger partial charge in [0, 0.05) is 23.0 Å². The molecule has 1 N–H and O–H groups in total. The highest BCUT2D eigenvalue weighted by atomic mass is 16.3. The number of aliphatic hydroxyl groups excluding tert-OH is 1. The maximum absolute atomic E-state index is 9.03. The average Bonchev–Trinajstić information content (AvgIpc) is 2.73. The maximum Gasteiger partial charge on any atom is 0.0468 e. The fourth-order valence-electron chi connectivity index (χ4n) is 1.49. The molecule has 0 heterocycles. The minimum Gasteiger partial charge on any atom is -0.396 e. The second-order valence-corrected chi connectivity index (χ2v) is 5.48. The Hall–Kier alpha value is -0.740. The normalized spacial score (nSPS) is 30.5. The third-order valence-electron chi connectivity index (χ3n) is 2.91. The van der Waals surface area contributed by atoms with Gasteiger partial charge in [0.05, 0.1) is 0 Å². The SMILES string of the molecule is C=C(C#CC(C)(C)C)[C@]1(C)C[C@H]1CO. The van der Waals surface area contributed by atoms with Crippen molar-refractivity contribution in [1.29, 1.82) is 0 Å². The molecular weight excluding hydrogens is 172 g/mol. The van der Waals surface area contributed by atoms with E-state index in [9.17, 15) is 0 Å². The first-order chi connectivity index (χ1) is 6.29. The van der Waals surface area contributed by atoms with E-state index in [1.54, 1.807) is 0 Å². The minimum absolute atomic E-state index is 0.0307. The molecule has 0 aromatic heterocycles. The Morgan fingerprint density at radius 2 is 2.14 bits per heavy atom. The first kappa shape index (κ1) is 11.3. The smallest absolute Gasteiger partial charge is 0.0468 e. The molecule has 1 nitrogen and oxygen atoms in total. The molecule has 14 heavy (non-hydrogen) atoms. The van der Waals surface area contributed by atoms with Crippen LogP contribution in [-0.2, 0) is 0 Å². The van der Waals surface area contributed by atoms with E-state index >= 15 is 0 Å². The van der Waals surface area contributed by atoms with Crippen LogP contribution in [0.2, 0.25) is 0 Å². The van der Waals surface area contributed by atoms with E-state index in [1.807, 2.05) is 0 Å². The predicted octanol–water partition coefficient (Wildman–Crippen LogP) is 2.61. The molecule has 0 aromatic carbocycles. The summed E-state index contributed by atoms with van der Waals surface area (Å²) in [5.41, 5.74) is 1.09. The Morgan fingerprint density at radius 3 is 2.50 bits per heavy atom. The molecule has 0 spiro atoms. The van der Waals surface area contributed by atoms with Gasteiger partial charge >= 0.3 is 0 Å². The van der Waals surface area contributed by atoms with Crippen LogP contribution in [0.1, 0.15) is 34.1 Å². The Kier molecular flexibility index (Phi) is 2.78. The van der Waals surface area contributed by atoms with Crippen LogP contribution in [0.4, 0.5) is 0 Å². The zero-order valence-electron chi connectivity index (χ0n) is 9.65. The second kappa shape index (κ2) is 3.44. The van der Waals surface area contributed by atoms with Crippen molar-refractivity contribution >= 4 is 0 Å². The van der Waals surface area contributed by atoms with Gasteiger partial charge in [0.15, 0.2) is 0 Å². The summed E-state index contributed by atoms with van der Waals surface area (Å²) in [6, 6.07) is 0. The fraction of sp³-hybridized carbons (Fsp3) is 0.692. The number of aliphatic hydroxyl groups is 1. The molecule has 0 radical (unpaired) electrons. The van der Waals surface area contributed by atoms with Gasteiger partial charge in [-0.2, -0.15) is 0 Å². The molecule has 0 bridgehead atoms. The number of hydrogen-bond acceptors (Lipinski definition) is 1. The largest absolute Gasteiger partial charge is 0.396 e. The molecule has 0 amide bonds. The van der Waals surface area contributed by atoms with Gasteiger partial charge in [-0.25, -0.2) is 0 Å². The summed E-state index contributed by atoms with van der Waals surface area (Å²) < 4.78 is 0. The minimum atomic E-state index is 0.0307. The highest BCUT2D eigenvalue weighted by molar-refractivity contribution is 5.38. The molecule has 2 atom stereocenters. The van der Waals surface area contributed by atoms with Crippen molar-refractivity contribution in [2.45, 2.75) is 34.1 Å². The van der Waals surface area contributed by atoms with Crippen molar-refractivity contribution in [3.8, 4) is 11.8 Å². The molecule has 1 fully saturated rings. The third kappa shape index (κ3) is 2.39. The molecular formula is C13H20O. The van der Waals surface area contributed by atoms with Crippen LogP contribution < -0.4 is 0 Å². The van der Waals surface area contributed by atoms with E-state index < -0.39 is 0 Å². The van der Waals surface area contributed by atoms with Crippen LogP contribution in [0, 0.1) is 28.6 Å². The van der Waals surface area contributed by atoms with Gasteiger partial charge < -0.3 is 5.11 Å². The van der Waals surface area contributed by atoms with Gasteiger partial charge in [-0.05, 0) is 33.1 Å². The molecule has 0 aliphatic heterocycles. The fourth-order valence-corrected chi connectivity index (χ4v) is 1.49. The van der Waals surface area contributed by atoms with E-state index in [0.717, 1.165) is 12.0 Å². The van der Waals surface area contributed by atoms with Gasteiger partial charge in [0.2, 0.25) is 0 Å². The lowest BCUT2D eigenvalue weighted by atomic mass is 9.93. The van der Waals surface area contributed by atoms with Crippen LogP contribution in [-0.4, -0.2) is 11.7 Å². The summed E-state index contributed by atoms with van der Waals surface area (Å²) in [4.78, 5) is 0. The first-order valence-electron chi connectivity index (χ1n) is 5.13. The molecule has 1 heteroatoms. The number of hydrogen-bond donors (Lipinski definition) is 1. The molecule has 1 aliphatic carbocycles. The van der Waals surface area contributed by atoms with Gasteiger partial charge in [-0.3, -0.25) is 0 Å². The molecule has 0 aromatic rings. The molecule has 0 saturated heterocycles. The van der Waals surface area contributed by atoms with Crippen molar-refractivity contribution in [3.63, 3.8) is 0 Å². The summed E-state index contributed by atoms with van der Waals surface area (Å²) in [6.45, 7) is 12.7. The molecule has 1 saturated carbocycles. The summed E-state index contributed by atoms with van der Waals surface area (Å²) in [5.74, 6) is 6.69. The summed E-state index contributed by atoms with van der Waals surface area (Å²) in [7, 11) is 0. The Labute approximate surface area is 87.2 Å². The summed E-state index contributed by atoms with van der Waals surface area (Å²) in [6.07, 6.45) is 1.03. The van der Waals surface area contributed by atoms with Crippen LogP contribution in [0.3, 0.4) is 0 Å². The maximum atomic E-state index is 9.03. The standard InChI is InChI=1S/C13H20O/c1-10(6-7-12(2,3)4)13(5)8-11(13)9-14/h11,14H,1,8-9H2,2-5H3/t11-,13-/m0/s1. The second-order valence-electron chi connectivity index (χ2n) is 5.48. The topological polar surface area (TPSA) is 20.2 Å². The van der Waals surface area contributed by atoms with Crippen molar-refractivity contribution in [3.05, 3.63) is 12.2 Å². The van der Waals surface area contributed by atoms with E-state index in [-0.39, 0.29) is 17.4 Å². The molecule has 0 unspecified atom stereocenters. The van der Waals surface area contributed by atoms with E-state index in [4.69, 9.17) is 5.11 Å². The molecule has 1 rings (SSSR count). The lowest BCUT2D eigenvalue weighted by Crippen LogP contribution is -2.05. The third-order valence-corrected chi connectivity index (χ3v) is 2.91. The van der Waals surface area contributed by atoms with Crippen LogP contribution >= 0.6 is 0 Å². The van der Waals surface area contributed by atoms with Crippen LogP contribution in [0.15, 0.2) is 12.2 Å². The van der Waals surface area contributed by atoms with E-state index in [2.05, 4.69) is 46.1 Å². The lowest BCUT2D eigenvalue weighted by Gasteiger charge is -2.11. The van der Waals surface area contributed by atoms with E-state index in [0.29, 0.717) is 5.92 Å². The van der Waals surface area contributed by atoms with Crippen molar-refractivity contribution in [2.24, 2.45) is 16.7 Å². The van der Waals surface area contributed by atoms with Crippen LogP contribution in [0.25, 0.3) is 0 Å². The molecule has 1 aliphatic rings. The van der Waals surface area contributed by atoms with E-state index in [1.165, 1.54) is 0 Å². The van der Waals surface area contributed by atoms with Gasteiger partial charge in [0.1, 0.15) is 0 Å². The Morgan fingerprint density at radius 1 is 1.57 bits per heavy atom. The zero-order chi connectivity index (χ0) is 11.0. The van der Waals surface area contributed by atoms with Gasteiger partial charge in [-0.15, -0.1) is 0 Å². The number of rotatable bonds is 2. The summed E-state index contributed by atoms with van der Waals surface area (Å²) >= 11 is 0. The monoisotopic (exact) mass is 192 g/mol. The first-order valence-corrected chi connectivity index (χ1v) is 5.13. The predicted molar refractivity (Wildman–Crippen MR) is 59.7 cm³/mol. The Balaban J connectivity index is 2.64.